The predicted octanol–water partition coefficient (Wildman–Crippen LogP) is 1.54. The van der Waals surface area contributed by atoms with Gasteiger partial charge in [0, 0.05) is 0 Å². The van der Waals surface area contributed by atoms with E-state index in [1.807, 2.05) is 0 Å². The van der Waals surface area contributed by atoms with E-state index in [0.717, 1.165) is 18.7 Å². The number of sulfone groups is 1. The zero-order valence-electron chi connectivity index (χ0n) is 10.2. The van der Waals surface area contributed by atoms with Crippen LogP contribution in [0.15, 0.2) is 24.3 Å². The van der Waals surface area contributed by atoms with E-state index in [9.17, 15) is 12.8 Å². The number of hydrogen-bond acceptors (Lipinski definition) is 3. The molecule has 0 unspecified atom stereocenters. The van der Waals surface area contributed by atoms with E-state index < -0.39 is 9.84 Å². The van der Waals surface area contributed by atoms with Gasteiger partial charge in [-0.25, -0.2) is 12.8 Å². The number of nitrogens with one attached hydrogen (secondary N) is 1. The predicted molar refractivity (Wildman–Crippen MR) is 69.8 cm³/mol. The van der Waals surface area contributed by atoms with Crippen molar-refractivity contribution >= 4 is 9.84 Å². The lowest BCUT2D eigenvalue weighted by Gasteiger charge is -2.22. The van der Waals surface area contributed by atoms with Crippen LogP contribution in [0.2, 0.25) is 0 Å². The third-order valence-electron chi connectivity index (χ3n) is 3.38. The summed E-state index contributed by atoms with van der Waals surface area (Å²) in [5, 5.41) is 2.95. The molecule has 3 nitrogen and oxygen atoms in total. The second kappa shape index (κ2) is 5.80. The second-order valence-electron chi connectivity index (χ2n) is 4.69. The lowest BCUT2D eigenvalue weighted by atomic mass is 10.2. The fraction of sp³-hybridized carbons (Fsp3) is 0.538. The second-order valence-corrected chi connectivity index (χ2v) is 7.09. The molecule has 2 rings (SSSR count). The normalized spacial score (nSPS) is 17.8. The van der Waals surface area contributed by atoms with Gasteiger partial charge in [0.05, 0.1) is 11.0 Å². The van der Waals surface area contributed by atoms with Gasteiger partial charge in [0.2, 0.25) is 0 Å². The van der Waals surface area contributed by atoms with Crippen molar-refractivity contribution in [2.24, 2.45) is 0 Å². The van der Waals surface area contributed by atoms with Gasteiger partial charge in [0.15, 0.2) is 9.84 Å². The van der Waals surface area contributed by atoms with Crippen molar-refractivity contribution < 1.29 is 12.8 Å². The Balaban J connectivity index is 1.94. The minimum absolute atomic E-state index is 0.156. The first-order valence-electron chi connectivity index (χ1n) is 6.25. The summed E-state index contributed by atoms with van der Waals surface area (Å²) >= 11 is 0. The standard InChI is InChI=1S/C13H18FNO2S/c14-12-3-1-11(2-4-12)7-10-18(16,17)13-5-8-15-9-6-13/h1-4,13,15H,5-10H2. The molecular weight excluding hydrogens is 253 g/mol. The Hall–Kier alpha value is -0.940. The van der Waals surface area contributed by atoms with Crippen LogP contribution >= 0.6 is 0 Å². The van der Waals surface area contributed by atoms with Crippen molar-refractivity contribution in [3.63, 3.8) is 0 Å². The highest BCUT2D eigenvalue weighted by Gasteiger charge is 2.26. The van der Waals surface area contributed by atoms with Crippen molar-refractivity contribution in [3.05, 3.63) is 35.6 Å². The Morgan fingerprint density at radius 3 is 2.39 bits per heavy atom. The molecule has 0 aromatic heterocycles. The first-order chi connectivity index (χ1) is 8.58. The average Bonchev–Trinajstić information content (AvgIpc) is 2.39. The molecule has 1 aromatic carbocycles. The van der Waals surface area contributed by atoms with E-state index in [2.05, 4.69) is 5.32 Å². The monoisotopic (exact) mass is 271 g/mol. The highest BCUT2D eigenvalue weighted by Crippen LogP contribution is 2.15. The van der Waals surface area contributed by atoms with Crippen LogP contribution in [0.3, 0.4) is 0 Å². The number of aryl methyl sites for hydroxylation is 1. The maximum Gasteiger partial charge on any atom is 0.153 e. The van der Waals surface area contributed by atoms with Crippen molar-refractivity contribution in [1.82, 2.24) is 5.32 Å². The van der Waals surface area contributed by atoms with Crippen molar-refractivity contribution in [2.45, 2.75) is 24.5 Å². The van der Waals surface area contributed by atoms with E-state index in [1.54, 1.807) is 12.1 Å². The van der Waals surface area contributed by atoms with Crippen LogP contribution in [0.25, 0.3) is 0 Å². The topological polar surface area (TPSA) is 46.2 Å². The zero-order valence-corrected chi connectivity index (χ0v) is 11.0. The Labute approximate surface area is 107 Å². The van der Waals surface area contributed by atoms with Crippen LogP contribution in [0.1, 0.15) is 18.4 Å². The Bertz CT molecular complexity index is 478. The number of halogens is 1. The third-order valence-corrected chi connectivity index (χ3v) is 5.64. The van der Waals surface area contributed by atoms with Gasteiger partial charge in [-0.1, -0.05) is 12.1 Å². The van der Waals surface area contributed by atoms with Crippen LogP contribution < -0.4 is 5.32 Å². The third kappa shape index (κ3) is 3.53. The molecule has 1 N–H and O–H groups in total. The van der Waals surface area contributed by atoms with Crippen LogP contribution in [-0.2, 0) is 16.3 Å². The number of piperidine rings is 1. The fourth-order valence-electron chi connectivity index (χ4n) is 2.23. The van der Waals surface area contributed by atoms with Crippen LogP contribution in [0.5, 0.6) is 0 Å². The molecular formula is C13H18FNO2S. The maximum atomic E-state index is 12.7. The first kappa shape index (κ1) is 13.5. The van der Waals surface area contributed by atoms with Crippen LogP contribution in [0, 0.1) is 5.82 Å². The molecule has 1 aromatic rings. The molecule has 0 spiro atoms. The summed E-state index contributed by atoms with van der Waals surface area (Å²) in [5.41, 5.74) is 0.869. The Kier molecular flexibility index (Phi) is 4.35. The molecule has 1 fully saturated rings. The van der Waals surface area contributed by atoms with E-state index in [-0.39, 0.29) is 16.8 Å². The van der Waals surface area contributed by atoms with Gasteiger partial charge in [0.25, 0.3) is 0 Å². The summed E-state index contributed by atoms with van der Waals surface area (Å²) in [7, 11) is -3.03. The van der Waals surface area contributed by atoms with Gasteiger partial charge in [0.1, 0.15) is 5.82 Å². The first-order valence-corrected chi connectivity index (χ1v) is 7.96. The molecule has 1 heterocycles. The molecule has 100 valence electrons. The summed E-state index contributed by atoms with van der Waals surface area (Å²) in [4.78, 5) is 0. The number of benzene rings is 1. The maximum absolute atomic E-state index is 12.7. The summed E-state index contributed by atoms with van der Waals surface area (Å²) < 4.78 is 37.0. The molecule has 1 saturated heterocycles. The highest BCUT2D eigenvalue weighted by atomic mass is 32.2. The summed E-state index contributed by atoms with van der Waals surface area (Å²) in [6.07, 6.45) is 1.87. The van der Waals surface area contributed by atoms with E-state index in [0.29, 0.717) is 19.3 Å². The molecule has 5 heteroatoms. The Morgan fingerprint density at radius 2 is 1.78 bits per heavy atom. The van der Waals surface area contributed by atoms with Gasteiger partial charge in [-0.05, 0) is 50.0 Å². The number of rotatable bonds is 4. The molecule has 0 aliphatic carbocycles. The van der Waals surface area contributed by atoms with Gasteiger partial charge < -0.3 is 5.32 Å². The van der Waals surface area contributed by atoms with Crippen LogP contribution in [-0.4, -0.2) is 32.5 Å². The van der Waals surface area contributed by atoms with Gasteiger partial charge in [-0.3, -0.25) is 0 Å². The minimum Gasteiger partial charge on any atom is -0.317 e. The molecule has 0 amide bonds. The Morgan fingerprint density at radius 1 is 1.17 bits per heavy atom. The highest BCUT2D eigenvalue weighted by molar-refractivity contribution is 7.92. The van der Waals surface area contributed by atoms with E-state index in [4.69, 9.17) is 0 Å². The molecule has 0 atom stereocenters. The van der Waals surface area contributed by atoms with Gasteiger partial charge in [-0.15, -0.1) is 0 Å². The van der Waals surface area contributed by atoms with Crippen molar-refractivity contribution in [1.29, 1.82) is 0 Å². The van der Waals surface area contributed by atoms with Gasteiger partial charge >= 0.3 is 0 Å². The summed E-state index contributed by atoms with van der Waals surface area (Å²) in [5.74, 6) is -0.136. The molecule has 0 bridgehead atoms. The average molecular weight is 271 g/mol. The fourth-order valence-corrected chi connectivity index (χ4v) is 4.04. The smallest absolute Gasteiger partial charge is 0.153 e. The molecule has 1 aliphatic rings. The molecule has 18 heavy (non-hydrogen) atoms. The van der Waals surface area contributed by atoms with E-state index >= 15 is 0 Å². The molecule has 0 radical (unpaired) electrons. The van der Waals surface area contributed by atoms with Crippen LogP contribution in [0.4, 0.5) is 4.39 Å². The summed E-state index contributed by atoms with van der Waals surface area (Å²) in [6, 6.07) is 6.03. The molecule has 0 saturated carbocycles. The van der Waals surface area contributed by atoms with Crippen molar-refractivity contribution in [2.75, 3.05) is 18.8 Å². The zero-order chi connectivity index (χ0) is 13.0. The lowest BCUT2D eigenvalue weighted by molar-refractivity contribution is 0.496. The van der Waals surface area contributed by atoms with E-state index in [1.165, 1.54) is 12.1 Å². The largest absolute Gasteiger partial charge is 0.317 e. The van der Waals surface area contributed by atoms with Crippen molar-refractivity contribution in [3.8, 4) is 0 Å². The SMILES string of the molecule is O=S(=O)(CCc1ccc(F)cc1)C1CCNCC1. The number of hydrogen-bond donors (Lipinski definition) is 1. The quantitative estimate of drug-likeness (QED) is 0.903. The minimum atomic E-state index is -3.03. The van der Waals surface area contributed by atoms with Gasteiger partial charge in [-0.2, -0.15) is 0 Å². The lowest BCUT2D eigenvalue weighted by Crippen LogP contribution is -2.37. The summed E-state index contributed by atoms with van der Waals surface area (Å²) in [6.45, 7) is 1.56. The molecule has 1 aliphatic heterocycles.